The average Bonchev–Trinajstić information content (AvgIpc) is 2.17. The second-order valence-electron chi connectivity index (χ2n) is 2.89. The fraction of sp³-hybridized carbons (Fsp3) is 0.444. The fourth-order valence-corrected chi connectivity index (χ4v) is 1.27. The Labute approximate surface area is 86.2 Å². The summed E-state index contributed by atoms with van der Waals surface area (Å²) >= 11 is 5.39. The lowest BCUT2D eigenvalue weighted by Crippen LogP contribution is -2.19. The van der Waals surface area contributed by atoms with E-state index in [0.29, 0.717) is 0 Å². The van der Waals surface area contributed by atoms with Gasteiger partial charge in [0.25, 0.3) is 0 Å². The van der Waals surface area contributed by atoms with E-state index in [1.807, 2.05) is 0 Å². The van der Waals surface area contributed by atoms with Crippen molar-refractivity contribution in [1.29, 1.82) is 0 Å². The Morgan fingerprint density at radius 3 is 2.79 bits per heavy atom. The van der Waals surface area contributed by atoms with Crippen molar-refractivity contribution < 1.29 is 14.6 Å². The highest BCUT2D eigenvalue weighted by atomic mass is 35.5. The molecule has 0 fully saturated rings. The first-order chi connectivity index (χ1) is 6.65. The van der Waals surface area contributed by atoms with E-state index in [0.717, 1.165) is 6.07 Å². The van der Waals surface area contributed by atoms with E-state index >= 15 is 0 Å². The van der Waals surface area contributed by atoms with Gasteiger partial charge < -0.3 is 10.2 Å². The summed E-state index contributed by atoms with van der Waals surface area (Å²) in [5, 5.41) is 18.9. The Balaban J connectivity index is 2.73. The van der Waals surface area contributed by atoms with Crippen LogP contribution in [0.5, 0.6) is 0 Å². The van der Waals surface area contributed by atoms with E-state index in [1.165, 1.54) is 12.3 Å². The van der Waals surface area contributed by atoms with Gasteiger partial charge in [0.15, 0.2) is 0 Å². The van der Waals surface area contributed by atoms with Crippen LogP contribution < -0.4 is 0 Å². The first-order valence-corrected chi connectivity index (χ1v) is 4.72. The molecule has 0 aliphatic heterocycles. The van der Waals surface area contributed by atoms with E-state index < -0.39 is 18.0 Å². The van der Waals surface area contributed by atoms with Gasteiger partial charge in [-0.2, -0.15) is 0 Å². The summed E-state index contributed by atoms with van der Waals surface area (Å²) in [7, 11) is 0. The van der Waals surface area contributed by atoms with Crippen LogP contribution in [0.25, 0.3) is 0 Å². The van der Waals surface area contributed by atoms with Gasteiger partial charge >= 0.3 is 0 Å². The third kappa shape index (κ3) is 2.90. The topological polar surface area (TPSA) is 53.4 Å². The first-order valence-electron chi connectivity index (χ1n) is 4.18. The highest BCUT2D eigenvalue weighted by Crippen LogP contribution is 2.17. The third-order valence-electron chi connectivity index (χ3n) is 1.82. The third-order valence-corrected chi connectivity index (χ3v) is 2.03. The number of alkyl halides is 1. The zero-order valence-corrected chi connectivity index (χ0v) is 8.15. The van der Waals surface area contributed by atoms with Crippen LogP contribution in [-0.4, -0.2) is 27.2 Å². The van der Waals surface area contributed by atoms with Crippen molar-refractivity contribution in [1.82, 2.24) is 4.98 Å². The first kappa shape index (κ1) is 11.4. The monoisotopic (exact) mass is 219 g/mol. The molecule has 0 aliphatic rings. The molecule has 1 aromatic heterocycles. The minimum absolute atomic E-state index is 0.114. The summed E-state index contributed by atoms with van der Waals surface area (Å²) < 4.78 is 12.7. The standard InChI is InChI=1S/C9H11ClFNO2/c10-3-1-8(13)9(14)7-5-6(11)2-4-12-7/h2,4-5,8-9,13-14H,1,3H2. The van der Waals surface area contributed by atoms with Gasteiger partial charge in [0.1, 0.15) is 11.9 Å². The molecule has 1 rings (SSSR count). The smallest absolute Gasteiger partial charge is 0.126 e. The molecule has 2 N–H and O–H groups in total. The Bertz CT molecular complexity index is 298. The van der Waals surface area contributed by atoms with E-state index in [2.05, 4.69) is 4.98 Å². The van der Waals surface area contributed by atoms with Crippen molar-refractivity contribution in [3.63, 3.8) is 0 Å². The molecule has 78 valence electrons. The maximum Gasteiger partial charge on any atom is 0.126 e. The van der Waals surface area contributed by atoms with E-state index in [1.54, 1.807) is 0 Å². The number of hydrogen-bond acceptors (Lipinski definition) is 3. The highest BCUT2D eigenvalue weighted by molar-refractivity contribution is 6.17. The molecule has 0 radical (unpaired) electrons. The van der Waals surface area contributed by atoms with E-state index in [4.69, 9.17) is 11.6 Å². The maximum absolute atomic E-state index is 12.7. The van der Waals surface area contributed by atoms with Crippen molar-refractivity contribution in [3.8, 4) is 0 Å². The predicted molar refractivity (Wildman–Crippen MR) is 50.5 cm³/mol. The predicted octanol–water partition coefficient (Wildman–Crippen LogP) is 1.24. The molecule has 1 heterocycles. The average molecular weight is 220 g/mol. The molecular formula is C9H11ClFNO2. The zero-order chi connectivity index (χ0) is 10.6. The molecule has 2 atom stereocenters. The van der Waals surface area contributed by atoms with Crippen LogP contribution in [0.2, 0.25) is 0 Å². The molecule has 0 saturated carbocycles. The molecular weight excluding hydrogens is 209 g/mol. The molecule has 0 saturated heterocycles. The van der Waals surface area contributed by atoms with Crippen LogP contribution in [0.4, 0.5) is 4.39 Å². The zero-order valence-electron chi connectivity index (χ0n) is 7.40. The molecule has 0 aliphatic carbocycles. The molecule has 0 amide bonds. The van der Waals surface area contributed by atoms with Crippen molar-refractivity contribution in [3.05, 3.63) is 29.8 Å². The van der Waals surface area contributed by atoms with Gasteiger partial charge in [-0.15, -0.1) is 11.6 Å². The van der Waals surface area contributed by atoms with Gasteiger partial charge in [-0.1, -0.05) is 0 Å². The molecule has 1 aromatic rings. The quantitative estimate of drug-likeness (QED) is 0.750. The van der Waals surface area contributed by atoms with Crippen LogP contribution in [-0.2, 0) is 0 Å². The Morgan fingerprint density at radius 1 is 1.50 bits per heavy atom. The van der Waals surface area contributed by atoms with Gasteiger partial charge in [0.05, 0.1) is 11.8 Å². The molecule has 0 aromatic carbocycles. The van der Waals surface area contributed by atoms with Crippen LogP contribution in [0.1, 0.15) is 18.2 Å². The number of pyridine rings is 1. The van der Waals surface area contributed by atoms with Gasteiger partial charge in [-0.3, -0.25) is 4.98 Å². The van der Waals surface area contributed by atoms with Crippen LogP contribution >= 0.6 is 11.6 Å². The van der Waals surface area contributed by atoms with Crippen molar-refractivity contribution in [2.24, 2.45) is 0 Å². The summed E-state index contributed by atoms with van der Waals surface area (Å²) in [6.45, 7) is 0. The minimum atomic E-state index is -1.19. The summed E-state index contributed by atoms with van der Waals surface area (Å²) in [4.78, 5) is 3.75. The SMILES string of the molecule is OC(CCCl)C(O)c1cc(F)ccn1. The van der Waals surface area contributed by atoms with Gasteiger partial charge in [-0.25, -0.2) is 4.39 Å². The summed E-state index contributed by atoms with van der Waals surface area (Å²) in [5.41, 5.74) is 0.114. The van der Waals surface area contributed by atoms with Gasteiger partial charge in [-0.05, 0) is 18.6 Å². The van der Waals surface area contributed by atoms with Crippen molar-refractivity contribution in [2.45, 2.75) is 18.6 Å². The normalized spacial score (nSPS) is 15.1. The van der Waals surface area contributed by atoms with Crippen LogP contribution in [0, 0.1) is 5.82 Å². The lowest BCUT2D eigenvalue weighted by molar-refractivity contribution is 0.0143. The van der Waals surface area contributed by atoms with E-state index in [9.17, 15) is 14.6 Å². The minimum Gasteiger partial charge on any atom is -0.390 e. The van der Waals surface area contributed by atoms with E-state index in [-0.39, 0.29) is 18.0 Å². The summed E-state index contributed by atoms with van der Waals surface area (Å²) in [6.07, 6.45) is -0.728. The van der Waals surface area contributed by atoms with Crippen molar-refractivity contribution in [2.75, 3.05) is 5.88 Å². The van der Waals surface area contributed by atoms with Gasteiger partial charge in [0, 0.05) is 12.1 Å². The molecule has 14 heavy (non-hydrogen) atoms. The Kier molecular flexibility index (Phi) is 4.25. The van der Waals surface area contributed by atoms with Crippen LogP contribution in [0.15, 0.2) is 18.3 Å². The second kappa shape index (κ2) is 5.24. The Morgan fingerprint density at radius 2 is 2.21 bits per heavy atom. The number of aliphatic hydroxyl groups is 2. The lowest BCUT2D eigenvalue weighted by Gasteiger charge is -2.15. The highest BCUT2D eigenvalue weighted by Gasteiger charge is 2.19. The van der Waals surface area contributed by atoms with Crippen LogP contribution in [0.3, 0.4) is 0 Å². The fourth-order valence-electron chi connectivity index (χ4n) is 1.05. The largest absolute Gasteiger partial charge is 0.390 e. The number of aliphatic hydroxyl groups excluding tert-OH is 2. The molecule has 3 nitrogen and oxygen atoms in total. The molecule has 2 unspecified atom stereocenters. The van der Waals surface area contributed by atoms with Crippen molar-refractivity contribution >= 4 is 11.6 Å². The Hall–Kier alpha value is -0.710. The maximum atomic E-state index is 12.7. The summed E-state index contributed by atoms with van der Waals surface area (Å²) in [5.74, 6) is -0.264. The number of rotatable bonds is 4. The number of aromatic nitrogens is 1. The summed E-state index contributed by atoms with van der Waals surface area (Å²) in [6, 6.07) is 2.26. The molecule has 0 spiro atoms. The second-order valence-corrected chi connectivity index (χ2v) is 3.27. The number of nitrogens with zero attached hydrogens (tertiary/aromatic N) is 1. The molecule has 5 heteroatoms. The lowest BCUT2D eigenvalue weighted by atomic mass is 10.1. The molecule has 0 bridgehead atoms. The number of halogens is 2. The van der Waals surface area contributed by atoms with Gasteiger partial charge in [0.2, 0.25) is 0 Å². The number of hydrogen-bond donors (Lipinski definition) is 2.